The lowest BCUT2D eigenvalue weighted by atomic mass is 10.0. The molecule has 1 fully saturated rings. The Morgan fingerprint density at radius 2 is 1.78 bits per heavy atom. The molecule has 1 saturated heterocycles. The molecule has 1 N–H and O–H groups in total. The Morgan fingerprint density at radius 1 is 1.03 bits per heavy atom. The number of barbiturate groups is 1. The van der Waals surface area contributed by atoms with Crippen molar-refractivity contribution < 1.29 is 33.0 Å². The predicted molar refractivity (Wildman–Crippen MR) is 134 cm³/mol. The second kappa shape index (κ2) is 10.9. The summed E-state index contributed by atoms with van der Waals surface area (Å²) in [6.45, 7) is 2.20. The quantitative estimate of drug-likeness (QED) is 0.294. The molecular formula is C28H23FN2O6. The van der Waals surface area contributed by atoms with E-state index >= 15 is 0 Å². The second-order valence-electron chi connectivity index (χ2n) is 8.10. The summed E-state index contributed by atoms with van der Waals surface area (Å²) < 4.78 is 24.0. The van der Waals surface area contributed by atoms with Gasteiger partial charge in [0, 0.05) is 6.42 Å². The van der Waals surface area contributed by atoms with Gasteiger partial charge in [-0.15, -0.1) is 0 Å². The summed E-state index contributed by atoms with van der Waals surface area (Å²) in [6, 6.07) is 16.2. The van der Waals surface area contributed by atoms with Crippen LogP contribution in [0.1, 0.15) is 34.0 Å². The van der Waals surface area contributed by atoms with Gasteiger partial charge >= 0.3 is 12.0 Å². The van der Waals surface area contributed by atoms with E-state index in [4.69, 9.17) is 4.74 Å². The summed E-state index contributed by atoms with van der Waals surface area (Å²) >= 11 is 0. The van der Waals surface area contributed by atoms with E-state index in [9.17, 15) is 23.6 Å². The van der Waals surface area contributed by atoms with Gasteiger partial charge in [-0.2, -0.15) is 0 Å². The molecule has 4 amide bonds. The van der Waals surface area contributed by atoms with Crippen molar-refractivity contribution in [1.82, 2.24) is 5.32 Å². The summed E-state index contributed by atoms with van der Waals surface area (Å²) in [5, 5.41) is 2.17. The maximum Gasteiger partial charge on any atom is 0.337 e. The Balaban J connectivity index is 1.64. The lowest BCUT2D eigenvalue weighted by Crippen LogP contribution is -2.54. The van der Waals surface area contributed by atoms with Crippen LogP contribution in [0.2, 0.25) is 0 Å². The third-order valence-electron chi connectivity index (χ3n) is 5.63. The number of carbonyl (C=O) groups excluding carboxylic acids is 4. The van der Waals surface area contributed by atoms with Crippen molar-refractivity contribution in [2.24, 2.45) is 0 Å². The van der Waals surface area contributed by atoms with Gasteiger partial charge in [-0.05, 0) is 72.2 Å². The van der Waals surface area contributed by atoms with Crippen LogP contribution >= 0.6 is 0 Å². The standard InChI is InChI=1S/C28H23FN2O6/c1-3-37-24-16-18(7-8-20(24)13-17-5-4-6-21(29)14-17)15-23-25(32)30-28(35)31(26(23)33)22-11-9-19(10-12-22)27(34)36-2/h4-12,14-16H,3,13H2,1-2H3,(H,30,32,35)/b23-15+. The maximum absolute atomic E-state index is 13.6. The first-order valence-electron chi connectivity index (χ1n) is 11.4. The van der Waals surface area contributed by atoms with E-state index in [1.54, 1.807) is 24.3 Å². The number of rotatable bonds is 7. The molecule has 8 nitrogen and oxygen atoms in total. The number of hydrogen-bond acceptors (Lipinski definition) is 6. The lowest BCUT2D eigenvalue weighted by molar-refractivity contribution is -0.122. The molecule has 0 spiro atoms. The van der Waals surface area contributed by atoms with Crippen molar-refractivity contribution in [3.8, 4) is 5.75 Å². The molecule has 0 unspecified atom stereocenters. The molecule has 0 aliphatic carbocycles. The van der Waals surface area contributed by atoms with E-state index in [2.05, 4.69) is 10.1 Å². The molecule has 3 aromatic carbocycles. The molecule has 1 aliphatic rings. The molecule has 1 heterocycles. The van der Waals surface area contributed by atoms with Crippen molar-refractivity contribution >= 4 is 35.6 Å². The van der Waals surface area contributed by atoms with Crippen molar-refractivity contribution in [2.45, 2.75) is 13.3 Å². The number of methoxy groups -OCH3 is 1. The molecule has 37 heavy (non-hydrogen) atoms. The number of urea groups is 1. The highest BCUT2D eigenvalue weighted by atomic mass is 19.1. The molecule has 1 aliphatic heterocycles. The molecule has 4 rings (SSSR count). The molecule has 0 saturated carbocycles. The van der Waals surface area contributed by atoms with Crippen LogP contribution in [0.25, 0.3) is 6.08 Å². The van der Waals surface area contributed by atoms with Gasteiger partial charge in [0.1, 0.15) is 17.1 Å². The molecule has 0 radical (unpaired) electrons. The Morgan fingerprint density at radius 3 is 2.46 bits per heavy atom. The van der Waals surface area contributed by atoms with E-state index in [-0.39, 0.29) is 22.6 Å². The van der Waals surface area contributed by atoms with Crippen molar-refractivity contribution in [1.29, 1.82) is 0 Å². The Hall–Kier alpha value is -4.79. The van der Waals surface area contributed by atoms with Gasteiger partial charge in [0.2, 0.25) is 0 Å². The van der Waals surface area contributed by atoms with Crippen LogP contribution in [0.3, 0.4) is 0 Å². The van der Waals surface area contributed by atoms with Crippen LogP contribution in [0.15, 0.2) is 72.3 Å². The summed E-state index contributed by atoms with van der Waals surface area (Å²) in [4.78, 5) is 50.7. The van der Waals surface area contributed by atoms with Crippen molar-refractivity contribution in [3.05, 3.63) is 100 Å². The smallest absolute Gasteiger partial charge is 0.337 e. The second-order valence-corrected chi connectivity index (χ2v) is 8.10. The van der Waals surface area contributed by atoms with Crippen LogP contribution in [0.4, 0.5) is 14.9 Å². The molecule has 0 atom stereocenters. The molecule has 0 bridgehead atoms. The third kappa shape index (κ3) is 5.56. The topological polar surface area (TPSA) is 102 Å². The third-order valence-corrected chi connectivity index (χ3v) is 5.63. The average molecular weight is 502 g/mol. The Bertz CT molecular complexity index is 1410. The van der Waals surface area contributed by atoms with Crippen LogP contribution in [-0.4, -0.2) is 37.5 Å². The normalized spacial score (nSPS) is 14.5. The fourth-order valence-electron chi connectivity index (χ4n) is 3.89. The zero-order chi connectivity index (χ0) is 26.5. The number of esters is 1. The number of benzene rings is 3. The van der Waals surface area contributed by atoms with Gasteiger partial charge in [-0.1, -0.05) is 24.3 Å². The number of carbonyl (C=O) groups is 4. The highest BCUT2D eigenvalue weighted by molar-refractivity contribution is 6.39. The molecular weight excluding hydrogens is 479 g/mol. The van der Waals surface area contributed by atoms with E-state index in [0.29, 0.717) is 24.3 Å². The number of halogens is 1. The zero-order valence-corrected chi connectivity index (χ0v) is 20.1. The van der Waals surface area contributed by atoms with E-state index in [0.717, 1.165) is 16.0 Å². The monoisotopic (exact) mass is 502 g/mol. The number of anilines is 1. The number of ether oxygens (including phenoxy) is 2. The first-order chi connectivity index (χ1) is 17.8. The first-order valence-corrected chi connectivity index (χ1v) is 11.4. The fourth-order valence-corrected chi connectivity index (χ4v) is 3.89. The Labute approximate surface area is 212 Å². The minimum atomic E-state index is -0.904. The molecule has 0 aromatic heterocycles. The van der Waals surface area contributed by atoms with E-state index in [1.807, 2.05) is 13.0 Å². The van der Waals surface area contributed by atoms with Gasteiger partial charge < -0.3 is 9.47 Å². The summed E-state index contributed by atoms with van der Waals surface area (Å²) in [6.07, 6.45) is 1.79. The first kappa shape index (κ1) is 25.3. The van der Waals surface area contributed by atoms with Gasteiger partial charge in [-0.25, -0.2) is 18.9 Å². The highest BCUT2D eigenvalue weighted by Gasteiger charge is 2.36. The van der Waals surface area contributed by atoms with E-state index < -0.39 is 23.8 Å². The number of nitrogens with one attached hydrogen (secondary N) is 1. The highest BCUT2D eigenvalue weighted by Crippen LogP contribution is 2.27. The summed E-state index contributed by atoms with van der Waals surface area (Å²) in [5.41, 5.74) is 2.23. The van der Waals surface area contributed by atoms with Gasteiger partial charge in [0.25, 0.3) is 11.8 Å². The molecule has 3 aromatic rings. The van der Waals surface area contributed by atoms with Crippen molar-refractivity contribution in [2.75, 3.05) is 18.6 Å². The van der Waals surface area contributed by atoms with Gasteiger partial charge in [0.15, 0.2) is 0 Å². The van der Waals surface area contributed by atoms with Crippen molar-refractivity contribution in [3.63, 3.8) is 0 Å². The lowest BCUT2D eigenvalue weighted by Gasteiger charge is -2.26. The van der Waals surface area contributed by atoms with Gasteiger partial charge in [0.05, 0.1) is 25.0 Å². The largest absolute Gasteiger partial charge is 0.494 e. The summed E-state index contributed by atoms with van der Waals surface area (Å²) in [5.74, 6) is -2.03. The predicted octanol–water partition coefficient (Wildman–Crippen LogP) is 4.27. The minimum Gasteiger partial charge on any atom is -0.494 e. The number of hydrogen-bond donors (Lipinski definition) is 1. The number of imide groups is 2. The summed E-state index contributed by atoms with van der Waals surface area (Å²) in [7, 11) is 1.24. The average Bonchev–Trinajstić information content (AvgIpc) is 2.88. The number of amides is 4. The maximum atomic E-state index is 13.6. The number of nitrogens with zero attached hydrogens (tertiary/aromatic N) is 1. The molecule has 9 heteroatoms. The fraction of sp³-hybridized carbons (Fsp3) is 0.143. The van der Waals surface area contributed by atoms with E-state index in [1.165, 1.54) is 49.6 Å². The minimum absolute atomic E-state index is 0.175. The van der Waals surface area contributed by atoms with Crippen LogP contribution in [0, 0.1) is 5.82 Å². The van der Waals surface area contributed by atoms with Crippen LogP contribution in [-0.2, 0) is 20.7 Å². The molecule has 188 valence electrons. The van der Waals surface area contributed by atoms with Crippen LogP contribution < -0.4 is 15.0 Å². The Kier molecular flexibility index (Phi) is 7.43. The SMILES string of the molecule is CCOc1cc(/C=C2\C(=O)NC(=O)N(c3ccc(C(=O)OC)cc3)C2=O)ccc1Cc1cccc(F)c1. The van der Waals surface area contributed by atoms with Crippen LogP contribution in [0.5, 0.6) is 5.75 Å². The zero-order valence-electron chi connectivity index (χ0n) is 20.1. The van der Waals surface area contributed by atoms with Gasteiger partial charge in [-0.3, -0.25) is 14.9 Å².